The lowest BCUT2D eigenvalue weighted by Crippen LogP contribution is -2.54. The first kappa shape index (κ1) is 30.7. The molecule has 1 aliphatic carbocycles. The minimum Gasteiger partial charge on any atom is -0.491 e. The number of carbonyl (C=O) groups excluding carboxylic acids is 4. The molecule has 1 atom stereocenters. The third kappa shape index (κ3) is 6.94. The van der Waals surface area contributed by atoms with Crippen molar-refractivity contribution in [3.05, 3.63) is 58.0 Å². The van der Waals surface area contributed by atoms with E-state index in [2.05, 4.69) is 16.0 Å². The number of likely N-dealkylation sites (tertiary alicyclic amines) is 1. The van der Waals surface area contributed by atoms with Gasteiger partial charge in [0.2, 0.25) is 11.8 Å². The van der Waals surface area contributed by atoms with Crippen molar-refractivity contribution in [1.29, 1.82) is 0 Å². The van der Waals surface area contributed by atoms with Crippen LogP contribution in [0, 0.1) is 11.3 Å². The Morgan fingerprint density at radius 2 is 1.93 bits per heavy atom. The van der Waals surface area contributed by atoms with Gasteiger partial charge in [-0.15, -0.1) is 11.3 Å². The molecule has 1 fully saturated rings. The molecule has 0 unspecified atom stereocenters. The molecule has 2 aromatic rings. The van der Waals surface area contributed by atoms with Gasteiger partial charge in [-0.05, 0) is 75.2 Å². The van der Waals surface area contributed by atoms with E-state index in [-0.39, 0.29) is 42.8 Å². The first-order valence-electron chi connectivity index (χ1n) is 15.1. The topological polar surface area (TPSA) is 143 Å². The Morgan fingerprint density at radius 3 is 2.67 bits per heavy atom. The molecule has 43 heavy (non-hydrogen) atoms. The Morgan fingerprint density at radius 1 is 1.16 bits per heavy atom. The molecule has 0 radical (unpaired) electrons. The van der Waals surface area contributed by atoms with E-state index in [0.29, 0.717) is 60.8 Å². The molecule has 1 saturated heterocycles. The van der Waals surface area contributed by atoms with Gasteiger partial charge in [0.15, 0.2) is 0 Å². The van der Waals surface area contributed by atoms with Crippen LogP contribution < -0.4 is 26.4 Å². The number of benzene rings is 1. The molecule has 5 N–H and O–H groups in total. The van der Waals surface area contributed by atoms with Gasteiger partial charge in [-0.25, -0.2) is 0 Å². The monoisotopic (exact) mass is 607 g/mol. The number of primary amides is 1. The summed E-state index contributed by atoms with van der Waals surface area (Å²) in [6.07, 6.45) is 8.27. The zero-order chi connectivity index (χ0) is 30.6. The van der Waals surface area contributed by atoms with E-state index in [4.69, 9.17) is 10.5 Å². The number of anilines is 1. The van der Waals surface area contributed by atoms with Crippen LogP contribution in [-0.4, -0.2) is 67.4 Å². The molecule has 1 aromatic carbocycles. The van der Waals surface area contributed by atoms with Gasteiger partial charge in [0.1, 0.15) is 17.4 Å². The number of nitrogens with one attached hydrogen (secondary N) is 3. The number of fused-ring (bicyclic) bond motifs is 2. The van der Waals surface area contributed by atoms with Crippen LogP contribution in [0.25, 0.3) is 0 Å². The largest absolute Gasteiger partial charge is 0.491 e. The quantitative estimate of drug-likeness (QED) is 0.385. The first-order chi connectivity index (χ1) is 20.7. The molecule has 0 bridgehead atoms. The highest BCUT2D eigenvalue weighted by molar-refractivity contribution is 7.17. The van der Waals surface area contributed by atoms with Gasteiger partial charge in [-0.1, -0.05) is 38.1 Å². The Labute approximate surface area is 256 Å². The Hall–Kier alpha value is -3.70. The number of allylic oxidation sites excluding steroid dienone is 1. The van der Waals surface area contributed by atoms with Crippen molar-refractivity contribution < 1.29 is 23.9 Å². The van der Waals surface area contributed by atoms with Crippen LogP contribution in [-0.2, 0) is 22.4 Å². The van der Waals surface area contributed by atoms with Gasteiger partial charge in [0.25, 0.3) is 11.8 Å². The predicted octanol–water partition coefficient (Wildman–Crippen LogP) is 3.27. The molecule has 11 heteroatoms. The van der Waals surface area contributed by atoms with Crippen LogP contribution in [0.15, 0.2) is 36.4 Å². The van der Waals surface area contributed by atoms with Gasteiger partial charge in [0.05, 0.1) is 29.1 Å². The van der Waals surface area contributed by atoms with Gasteiger partial charge in [-0.3, -0.25) is 24.1 Å². The van der Waals surface area contributed by atoms with Gasteiger partial charge >= 0.3 is 0 Å². The second kappa shape index (κ2) is 13.3. The van der Waals surface area contributed by atoms with Gasteiger partial charge < -0.3 is 26.4 Å². The standard InChI is InChI=1S/C32H41N5O5S/c1-20(2)23-19-42-24-10-4-3-8-21(24)29(40)34-15-6-5-12-32(31(41)35-23)13-16-37(17-14-32)18-26(38)36-30-27(28(33)39)22-9-7-11-25(22)43-30/h3-6,8,10,20,23H,7,9,11-19H2,1-2H3,(H2,33,39)(H,34,40)(H,35,41)(H,36,38)/b6-5+/t23-/m0/s1. The maximum atomic E-state index is 13.9. The molecule has 1 aromatic heterocycles. The van der Waals surface area contributed by atoms with Crippen LogP contribution in [0.3, 0.4) is 0 Å². The first-order valence-corrected chi connectivity index (χ1v) is 15.9. The molecule has 3 heterocycles. The van der Waals surface area contributed by atoms with Crippen molar-refractivity contribution in [3.8, 4) is 5.75 Å². The highest BCUT2D eigenvalue weighted by Gasteiger charge is 2.42. The van der Waals surface area contributed by atoms with Crippen molar-refractivity contribution in [2.45, 2.75) is 58.4 Å². The van der Waals surface area contributed by atoms with Crippen LogP contribution in [0.4, 0.5) is 5.00 Å². The van der Waals surface area contributed by atoms with Gasteiger partial charge in [0, 0.05) is 11.4 Å². The van der Waals surface area contributed by atoms with E-state index in [1.54, 1.807) is 18.2 Å². The number of nitrogens with zero attached hydrogens (tertiary/aromatic N) is 1. The van der Waals surface area contributed by atoms with Crippen molar-refractivity contribution in [1.82, 2.24) is 15.5 Å². The molecule has 0 saturated carbocycles. The lowest BCUT2D eigenvalue weighted by Gasteiger charge is -2.41. The second-order valence-corrected chi connectivity index (χ2v) is 13.2. The Kier molecular flexibility index (Phi) is 9.51. The molecule has 3 aliphatic rings. The molecular weight excluding hydrogens is 566 g/mol. The zero-order valence-electron chi connectivity index (χ0n) is 24.9. The number of amides is 4. The average molecular weight is 608 g/mol. The summed E-state index contributed by atoms with van der Waals surface area (Å²) in [4.78, 5) is 55.0. The maximum Gasteiger partial charge on any atom is 0.255 e. The van der Waals surface area contributed by atoms with Crippen molar-refractivity contribution >= 4 is 40.0 Å². The summed E-state index contributed by atoms with van der Waals surface area (Å²) < 4.78 is 6.08. The molecule has 1 spiro atoms. The Bertz CT molecular complexity index is 1410. The van der Waals surface area contributed by atoms with Crippen molar-refractivity contribution in [3.63, 3.8) is 0 Å². The number of para-hydroxylation sites is 1. The molecule has 5 rings (SSSR count). The molecule has 230 valence electrons. The third-order valence-corrected chi connectivity index (χ3v) is 10.0. The number of piperidine rings is 1. The maximum absolute atomic E-state index is 13.9. The molecular formula is C32H41N5O5S. The average Bonchev–Trinajstić information content (AvgIpc) is 3.56. The lowest BCUT2D eigenvalue weighted by atomic mass is 9.74. The predicted molar refractivity (Wildman–Crippen MR) is 166 cm³/mol. The SMILES string of the molecule is CC(C)[C@@H]1COc2ccccc2C(=O)NC/C=C/CC2(CCN(CC(=O)Nc3sc4c(c3C(N)=O)CCC4)CC2)C(=O)N1. The summed E-state index contributed by atoms with van der Waals surface area (Å²) in [5.74, 6) is -0.329. The minimum absolute atomic E-state index is 0.0165. The summed E-state index contributed by atoms with van der Waals surface area (Å²) >= 11 is 1.45. The van der Waals surface area contributed by atoms with E-state index >= 15 is 0 Å². The zero-order valence-corrected chi connectivity index (χ0v) is 25.7. The van der Waals surface area contributed by atoms with Crippen molar-refractivity contribution in [2.75, 3.05) is 38.1 Å². The lowest BCUT2D eigenvalue weighted by molar-refractivity contribution is -0.135. The highest BCUT2D eigenvalue weighted by atomic mass is 32.1. The number of aryl methyl sites for hydroxylation is 1. The van der Waals surface area contributed by atoms with Crippen molar-refractivity contribution in [2.24, 2.45) is 17.1 Å². The molecule has 10 nitrogen and oxygen atoms in total. The van der Waals surface area contributed by atoms with Crippen LogP contribution in [0.5, 0.6) is 5.75 Å². The summed E-state index contributed by atoms with van der Waals surface area (Å²) in [5, 5.41) is 9.65. The number of carbonyl (C=O) groups is 4. The summed E-state index contributed by atoms with van der Waals surface area (Å²) in [7, 11) is 0. The van der Waals surface area contributed by atoms with E-state index in [9.17, 15) is 19.2 Å². The highest BCUT2D eigenvalue weighted by Crippen LogP contribution is 2.39. The van der Waals surface area contributed by atoms with Crippen LogP contribution in [0.1, 0.15) is 70.7 Å². The third-order valence-electron chi connectivity index (χ3n) is 8.81. The van der Waals surface area contributed by atoms with Gasteiger partial charge in [-0.2, -0.15) is 0 Å². The molecule has 4 amide bonds. The number of thiophene rings is 1. The fourth-order valence-corrected chi connectivity index (χ4v) is 7.42. The second-order valence-electron chi connectivity index (χ2n) is 12.0. The number of hydrogen-bond donors (Lipinski definition) is 4. The number of nitrogens with two attached hydrogens (primary N) is 1. The smallest absolute Gasteiger partial charge is 0.255 e. The fraction of sp³-hybridized carbons (Fsp3) is 0.500. The summed E-state index contributed by atoms with van der Waals surface area (Å²) in [5.41, 5.74) is 6.91. The van der Waals surface area contributed by atoms with E-state index < -0.39 is 11.3 Å². The molecule has 2 aliphatic heterocycles. The minimum atomic E-state index is -0.643. The fourth-order valence-electron chi connectivity index (χ4n) is 6.11. The van der Waals surface area contributed by atoms with E-state index in [1.165, 1.54) is 11.3 Å². The number of ether oxygens (including phenoxy) is 1. The Balaban J connectivity index is 1.25. The summed E-state index contributed by atoms with van der Waals surface area (Å²) in [6.45, 7) is 5.97. The number of hydrogen-bond acceptors (Lipinski definition) is 7. The van der Waals surface area contributed by atoms with E-state index in [0.717, 1.165) is 29.7 Å². The summed E-state index contributed by atoms with van der Waals surface area (Å²) in [6, 6.07) is 6.88. The number of rotatable bonds is 5. The normalized spacial score (nSPS) is 21.6. The van der Waals surface area contributed by atoms with E-state index in [1.807, 2.05) is 37.0 Å². The van der Waals surface area contributed by atoms with Crippen LogP contribution >= 0.6 is 11.3 Å². The van der Waals surface area contributed by atoms with Crippen LogP contribution in [0.2, 0.25) is 0 Å².